The van der Waals surface area contributed by atoms with Crippen molar-refractivity contribution in [3.63, 3.8) is 0 Å². The summed E-state index contributed by atoms with van der Waals surface area (Å²) in [7, 11) is 0. The van der Waals surface area contributed by atoms with Crippen LogP contribution in [0.3, 0.4) is 0 Å². The van der Waals surface area contributed by atoms with Gasteiger partial charge in [0.25, 0.3) is 0 Å². The van der Waals surface area contributed by atoms with Crippen LogP contribution in [0.4, 0.5) is 0 Å². The molecule has 0 bridgehead atoms. The first-order valence-corrected chi connectivity index (χ1v) is 9.20. The Labute approximate surface area is 141 Å². The number of esters is 1. The molecule has 3 nitrogen and oxygen atoms in total. The summed E-state index contributed by atoms with van der Waals surface area (Å²) >= 11 is 0. The largest absolute Gasteiger partial charge is 0.508 e. The Balaban J connectivity index is 1.89. The van der Waals surface area contributed by atoms with E-state index in [4.69, 9.17) is 4.74 Å². The molecule has 0 saturated heterocycles. The number of benzene rings is 1. The number of ether oxygens (including phenoxy) is 1. The Morgan fingerprint density at radius 3 is 1.83 bits per heavy atom. The quantitative estimate of drug-likeness (QED) is 0.366. The van der Waals surface area contributed by atoms with E-state index in [9.17, 15) is 9.90 Å². The third kappa shape index (κ3) is 9.98. The monoisotopic (exact) mass is 320 g/mol. The minimum absolute atomic E-state index is 0.159. The fraction of sp³-hybridized carbons (Fsp3) is 0.650. The highest BCUT2D eigenvalue weighted by Gasteiger charge is 2.06. The lowest BCUT2D eigenvalue weighted by Gasteiger charge is -2.05. The van der Waals surface area contributed by atoms with Crippen LogP contribution in [0.2, 0.25) is 0 Å². The molecule has 0 aliphatic rings. The van der Waals surface area contributed by atoms with Crippen LogP contribution in [-0.4, -0.2) is 17.7 Å². The summed E-state index contributed by atoms with van der Waals surface area (Å²) in [5.74, 6) is -0.149. The maximum absolute atomic E-state index is 11.7. The summed E-state index contributed by atoms with van der Waals surface area (Å²) in [5.41, 5.74) is 0.492. The van der Waals surface area contributed by atoms with Gasteiger partial charge in [0.05, 0.1) is 12.2 Å². The highest BCUT2D eigenvalue weighted by molar-refractivity contribution is 5.89. The van der Waals surface area contributed by atoms with Gasteiger partial charge in [-0.2, -0.15) is 0 Å². The molecule has 0 heterocycles. The Bertz CT molecular complexity index is 411. The van der Waals surface area contributed by atoms with E-state index in [0.29, 0.717) is 12.2 Å². The average molecular weight is 320 g/mol. The number of hydrogen-bond donors (Lipinski definition) is 1. The standard InChI is InChI=1S/C20H32O3/c1-2-3-4-5-6-7-8-9-10-11-12-17-23-20(22)18-13-15-19(21)16-14-18/h13-16,21H,2-12,17H2,1H3. The molecule has 3 heteroatoms. The first-order valence-electron chi connectivity index (χ1n) is 9.20. The Hall–Kier alpha value is -1.51. The van der Waals surface area contributed by atoms with Crippen molar-refractivity contribution in [1.29, 1.82) is 0 Å². The number of carbonyl (C=O) groups is 1. The summed E-state index contributed by atoms with van der Waals surface area (Å²) in [6, 6.07) is 6.16. The smallest absolute Gasteiger partial charge is 0.338 e. The topological polar surface area (TPSA) is 46.5 Å². The lowest BCUT2D eigenvalue weighted by Crippen LogP contribution is -2.06. The predicted octanol–water partition coefficient (Wildman–Crippen LogP) is 5.86. The normalized spacial score (nSPS) is 10.7. The summed E-state index contributed by atoms with van der Waals surface area (Å²) in [6.07, 6.45) is 14.1. The van der Waals surface area contributed by atoms with Crippen molar-refractivity contribution in [1.82, 2.24) is 0 Å². The van der Waals surface area contributed by atoms with Crippen molar-refractivity contribution in [3.05, 3.63) is 29.8 Å². The van der Waals surface area contributed by atoms with E-state index in [1.165, 1.54) is 69.9 Å². The molecule has 1 aromatic rings. The minimum atomic E-state index is -0.308. The molecule has 0 saturated carbocycles. The van der Waals surface area contributed by atoms with Crippen LogP contribution in [0.25, 0.3) is 0 Å². The van der Waals surface area contributed by atoms with Crippen molar-refractivity contribution in [3.8, 4) is 5.75 Å². The highest BCUT2D eigenvalue weighted by Crippen LogP contribution is 2.12. The third-order valence-electron chi connectivity index (χ3n) is 4.08. The molecular weight excluding hydrogens is 288 g/mol. The van der Waals surface area contributed by atoms with Crippen molar-refractivity contribution < 1.29 is 14.6 Å². The van der Waals surface area contributed by atoms with Gasteiger partial charge in [-0.05, 0) is 30.7 Å². The number of aromatic hydroxyl groups is 1. The van der Waals surface area contributed by atoms with Gasteiger partial charge in [0, 0.05) is 0 Å². The predicted molar refractivity (Wildman–Crippen MR) is 94.9 cm³/mol. The molecule has 0 radical (unpaired) electrons. The van der Waals surface area contributed by atoms with E-state index in [1.807, 2.05) is 0 Å². The molecule has 1 N–H and O–H groups in total. The molecule has 1 rings (SSSR count). The SMILES string of the molecule is CCCCCCCCCCCCCOC(=O)c1ccc(O)cc1. The molecule has 23 heavy (non-hydrogen) atoms. The number of hydrogen-bond acceptors (Lipinski definition) is 3. The van der Waals surface area contributed by atoms with Crippen molar-refractivity contribution in [2.45, 2.75) is 77.6 Å². The molecule has 0 atom stereocenters. The van der Waals surface area contributed by atoms with E-state index in [2.05, 4.69) is 6.92 Å². The lowest BCUT2D eigenvalue weighted by molar-refractivity contribution is 0.0497. The fourth-order valence-corrected chi connectivity index (χ4v) is 2.61. The van der Waals surface area contributed by atoms with Gasteiger partial charge in [-0.25, -0.2) is 4.79 Å². The highest BCUT2D eigenvalue weighted by atomic mass is 16.5. The molecule has 1 aromatic carbocycles. The van der Waals surface area contributed by atoms with Crippen LogP contribution in [-0.2, 0) is 4.74 Å². The van der Waals surface area contributed by atoms with Crippen LogP contribution in [0.5, 0.6) is 5.75 Å². The Morgan fingerprint density at radius 1 is 0.826 bits per heavy atom. The second-order valence-electron chi connectivity index (χ2n) is 6.22. The van der Waals surface area contributed by atoms with E-state index < -0.39 is 0 Å². The van der Waals surface area contributed by atoms with Crippen molar-refractivity contribution in [2.24, 2.45) is 0 Å². The van der Waals surface area contributed by atoms with Gasteiger partial charge in [-0.3, -0.25) is 0 Å². The number of rotatable bonds is 13. The van der Waals surface area contributed by atoms with Gasteiger partial charge in [-0.15, -0.1) is 0 Å². The first-order chi connectivity index (χ1) is 11.2. The summed E-state index contributed by atoms with van der Waals surface area (Å²) in [5, 5.41) is 9.17. The fourth-order valence-electron chi connectivity index (χ4n) is 2.61. The molecule has 0 aromatic heterocycles. The third-order valence-corrected chi connectivity index (χ3v) is 4.08. The summed E-state index contributed by atoms with van der Waals surface area (Å²) in [6.45, 7) is 2.73. The lowest BCUT2D eigenvalue weighted by atomic mass is 10.1. The number of carbonyl (C=O) groups excluding carboxylic acids is 1. The molecule has 0 amide bonds. The minimum Gasteiger partial charge on any atom is -0.508 e. The van der Waals surface area contributed by atoms with Crippen LogP contribution in [0.15, 0.2) is 24.3 Å². The number of phenols is 1. The molecule has 0 aliphatic heterocycles. The maximum atomic E-state index is 11.7. The van der Waals surface area contributed by atoms with Crippen molar-refractivity contribution >= 4 is 5.97 Å². The first kappa shape index (κ1) is 19.5. The zero-order chi connectivity index (χ0) is 16.8. The van der Waals surface area contributed by atoms with Crippen molar-refractivity contribution in [2.75, 3.05) is 6.61 Å². The Kier molecular flexibility index (Phi) is 11.0. The maximum Gasteiger partial charge on any atom is 0.338 e. The van der Waals surface area contributed by atoms with Gasteiger partial charge in [0.1, 0.15) is 5.75 Å². The molecule has 0 aliphatic carbocycles. The van der Waals surface area contributed by atoms with Gasteiger partial charge < -0.3 is 9.84 Å². The molecule has 130 valence electrons. The second-order valence-corrected chi connectivity index (χ2v) is 6.22. The second kappa shape index (κ2) is 13.0. The zero-order valence-electron chi connectivity index (χ0n) is 14.6. The molecule has 0 unspecified atom stereocenters. The van der Waals surface area contributed by atoms with Crippen LogP contribution >= 0.6 is 0 Å². The Morgan fingerprint density at radius 2 is 1.30 bits per heavy atom. The molecule has 0 spiro atoms. The summed E-state index contributed by atoms with van der Waals surface area (Å²) < 4.78 is 5.23. The van der Waals surface area contributed by atoms with E-state index in [-0.39, 0.29) is 11.7 Å². The van der Waals surface area contributed by atoms with E-state index >= 15 is 0 Å². The van der Waals surface area contributed by atoms with Gasteiger partial charge >= 0.3 is 5.97 Å². The van der Waals surface area contributed by atoms with Gasteiger partial charge in [0.15, 0.2) is 0 Å². The van der Waals surface area contributed by atoms with E-state index in [0.717, 1.165) is 12.8 Å². The average Bonchev–Trinajstić information content (AvgIpc) is 2.56. The van der Waals surface area contributed by atoms with E-state index in [1.54, 1.807) is 12.1 Å². The molecule has 0 fully saturated rings. The van der Waals surface area contributed by atoms with Gasteiger partial charge in [0.2, 0.25) is 0 Å². The van der Waals surface area contributed by atoms with Gasteiger partial charge in [-0.1, -0.05) is 71.1 Å². The summed E-state index contributed by atoms with van der Waals surface area (Å²) in [4.78, 5) is 11.7. The van der Waals surface area contributed by atoms with Crippen LogP contribution in [0.1, 0.15) is 87.9 Å². The zero-order valence-corrected chi connectivity index (χ0v) is 14.6. The number of unbranched alkanes of at least 4 members (excludes halogenated alkanes) is 10. The number of phenolic OH excluding ortho intramolecular Hbond substituents is 1. The van der Waals surface area contributed by atoms with Crippen LogP contribution < -0.4 is 0 Å². The molecular formula is C20H32O3. The van der Waals surface area contributed by atoms with Crippen LogP contribution in [0, 0.1) is 0 Å².